The van der Waals surface area contributed by atoms with E-state index in [1.54, 1.807) is 12.1 Å². The highest BCUT2D eigenvalue weighted by Crippen LogP contribution is 2.18. The molecule has 0 radical (unpaired) electrons. The number of nitrogens with zero attached hydrogens (tertiary/aromatic N) is 2. The summed E-state index contributed by atoms with van der Waals surface area (Å²) in [5.74, 6) is -0.268. The van der Waals surface area contributed by atoms with Gasteiger partial charge in [0.25, 0.3) is 0 Å². The Kier molecular flexibility index (Phi) is 3.93. The van der Waals surface area contributed by atoms with E-state index in [1.165, 1.54) is 22.9 Å². The predicted molar refractivity (Wildman–Crippen MR) is 72.0 cm³/mol. The molecule has 0 bridgehead atoms. The van der Waals surface area contributed by atoms with Crippen molar-refractivity contribution in [2.75, 3.05) is 0 Å². The fraction of sp³-hybridized carbons (Fsp3) is 0.286. The third-order valence-electron chi connectivity index (χ3n) is 2.72. The maximum atomic E-state index is 11.1. The number of aromatic nitrogens is 2. The van der Waals surface area contributed by atoms with Crippen LogP contribution in [0.3, 0.4) is 0 Å². The van der Waals surface area contributed by atoms with Gasteiger partial charge in [0.2, 0.25) is 0 Å². The van der Waals surface area contributed by atoms with Crippen LogP contribution in [-0.4, -0.2) is 26.0 Å². The number of hydrogen-bond acceptors (Lipinski definition) is 4. The van der Waals surface area contributed by atoms with Gasteiger partial charge in [0.05, 0.1) is 0 Å². The lowest BCUT2D eigenvalue weighted by Crippen LogP contribution is -2.12. The van der Waals surface area contributed by atoms with Crippen LogP contribution in [0.2, 0.25) is 0 Å². The van der Waals surface area contributed by atoms with E-state index >= 15 is 0 Å². The minimum absolute atomic E-state index is 0.0384. The first-order chi connectivity index (χ1) is 9.47. The highest BCUT2D eigenvalue weighted by Gasteiger charge is 2.16. The summed E-state index contributed by atoms with van der Waals surface area (Å²) in [7, 11) is 0. The largest absolute Gasteiger partial charge is 0.508 e. The van der Waals surface area contributed by atoms with Crippen molar-refractivity contribution in [1.82, 2.24) is 9.78 Å². The molecule has 1 aromatic carbocycles. The lowest BCUT2D eigenvalue weighted by molar-refractivity contribution is 0.0681. The first kappa shape index (κ1) is 13.9. The monoisotopic (exact) mass is 276 g/mol. The molecule has 0 atom stereocenters. The zero-order chi connectivity index (χ0) is 14.7. The fourth-order valence-corrected chi connectivity index (χ4v) is 1.77. The number of carboxylic acids is 1. The number of phenols is 1. The predicted octanol–water partition coefficient (Wildman–Crippen LogP) is 2.45. The smallest absolute Gasteiger partial charge is 0.354 e. The first-order valence-electron chi connectivity index (χ1n) is 6.21. The molecule has 0 amide bonds. The van der Waals surface area contributed by atoms with E-state index in [0.717, 1.165) is 0 Å². The van der Waals surface area contributed by atoms with E-state index in [-0.39, 0.29) is 24.1 Å². The Labute approximate surface area is 116 Å². The summed E-state index contributed by atoms with van der Waals surface area (Å²) in [5.41, 5.74) is 0.688. The van der Waals surface area contributed by atoms with Gasteiger partial charge in [-0.25, -0.2) is 4.79 Å². The highest BCUT2D eigenvalue weighted by atomic mass is 16.5. The maximum absolute atomic E-state index is 11.1. The van der Waals surface area contributed by atoms with Crippen LogP contribution in [0.1, 0.15) is 36.1 Å². The number of rotatable bonds is 5. The summed E-state index contributed by atoms with van der Waals surface area (Å²) >= 11 is 0. The Morgan fingerprint density at radius 2 is 2.00 bits per heavy atom. The zero-order valence-corrected chi connectivity index (χ0v) is 11.3. The van der Waals surface area contributed by atoms with E-state index < -0.39 is 5.97 Å². The van der Waals surface area contributed by atoms with Crippen LogP contribution in [0.15, 0.2) is 30.3 Å². The van der Waals surface area contributed by atoms with Crippen molar-refractivity contribution in [2.24, 2.45) is 0 Å². The average Bonchev–Trinajstić information content (AvgIpc) is 2.83. The van der Waals surface area contributed by atoms with Crippen LogP contribution in [0, 0.1) is 0 Å². The van der Waals surface area contributed by atoms with E-state index in [0.29, 0.717) is 11.4 Å². The van der Waals surface area contributed by atoms with Gasteiger partial charge >= 0.3 is 5.97 Å². The fourth-order valence-electron chi connectivity index (χ4n) is 1.77. The van der Waals surface area contributed by atoms with Gasteiger partial charge in [-0.1, -0.05) is 0 Å². The molecule has 2 aromatic rings. The van der Waals surface area contributed by atoms with Gasteiger partial charge in [-0.2, -0.15) is 5.10 Å². The molecule has 0 unspecified atom stereocenters. The maximum Gasteiger partial charge on any atom is 0.354 e. The Hall–Kier alpha value is -2.50. The van der Waals surface area contributed by atoms with Crippen LogP contribution < -0.4 is 4.74 Å². The van der Waals surface area contributed by atoms with Crippen LogP contribution in [0.4, 0.5) is 0 Å². The lowest BCUT2D eigenvalue weighted by Gasteiger charge is -2.07. The second-order valence-corrected chi connectivity index (χ2v) is 4.65. The molecule has 0 spiro atoms. The second-order valence-electron chi connectivity index (χ2n) is 4.65. The van der Waals surface area contributed by atoms with Gasteiger partial charge in [0, 0.05) is 6.04 Å². The van der Waals surface area contributed by atoms with Crippen LogP contribution in [0.25, 0.3) is 0 Å². The number of aromatic hydroxyl groups is 1. The molecule has 0 saturated heterocycles. The molecule has 1 aromatic heterocycles. The summed E-state index contributed by atoms with van der Waals surface area (Å²) < 4.78 is 6.95. The summed E-state index contributed by atoms with van der Waals surface area (Å²) in [6, 6.07) is 7.77. The van der Waals surface area contributed by atoms with Crippen molar-refractivity contribution in [3.8, 4) is 11.5 Å². The molecular weight excluding hydrogens is 260 g/mol. The van der Waals surface area contributed by atoms with Crippen molar-refractivity contribution in [3.63, 3.8) is 0 Å². The molecular formula is C14H16N2O4. The standard InChI is InChI=1S/C14H16N2O4/c1-9(2)16-13(14(18)19)7-10(15-16)8-20-12-5-3-11(17)4-6-12/h3-7,9,17H,8H2,1-2H3,(H,18,19). The van der Waals surface area contributed by atoms with Crippen molar-refractivity contribution >= 4 is 5.97 Å². The number of hydrogen-bond donors (Lipinski definition) is 2. The Morgan fingerprint density at radius 1 is 1.35 bits per heavy atom. The van der Waals surface area contributed by atoms with Crippen molar-refractivity contribution in [1.29, 1.82) is 0 Å². The van der Waals surface area contributed by atoms with E-state index in [4.69, 9.17) is 14.9 Å². The quantitative estimate of drug-likeness (QED) is 0.876. The molecule has 0 saturated carbocycles. The van der Waals surface area contributed by atoms with E-state index in [1.807, 2.05) is 13.8 Å². The molecule has 0 fully saturated rings. The Morgan fingerprint density at radius 3 is 2.50 bits per heavy atom. The van der Waals surface area contributed by atoms with Crippen molar-refractivity contribution in [2.45, 2.75) is 26.5 Å². The van der Waals surface area contributed by atoms with Crippen molar-refractivity contribution in [3.05, 3.63) is 41.7 Å². The minimum Gasteiger partial charge on any atom is -0.508 e. The number of aromatic carboxylic acids is 1. The topological polar surface area (TPSA) is 84.6 Å². The van der Waals surface area contributed by atoms with Gasteiger partial charge in [0.1, 0.15) is 29.5 Å². The van der Waals surface area contributed by atoms with Crippen LogP contribution in [0.5, 0.6) is 11.5 Å². The molecule has 6 heteroatoms. The zero-order valence-electron chi connectivity index (χ0n) is 11.3. The number of ether oxygens (including phenoxy) is 1. The lowest BCUT2D eigenvalue weighted by atomic mass is 10.3. The molecule has 106 valence electrons. The minimum atomic E-state index is -1.01. The average molecular weight is 276 g/mol. The number of phenolic OH excluding ortho intramolecular Hbond substituents is 1. The molecule has 2 N–H and O–H groups in total. The van der Waals surface area contributed by atoms with E-state index in [9.17, 15) is 4.79 Å². The van der Waals surface area contributed by atoms with Crippen LogP contribution in [-0.2, 0) is 6.61 Å². The molecule has 6 nitrogen and oxygen atoms in total. The number of carboxylic acid groups (broad SMARTS) is 1. The highest BCUT2D eigenvalue weighted by molar-refractivity contribution is 5.85. The molecule has 1 heterocycles. The van der Waals surface area contributed by atoms with Gasteiger partial charge in [-0.05, 0) is 44.2 Å². The molecule has 0 aliphatic rings. The SMILES string of the molecule is CC(C)n1nc(COc2ccc(O)cc2)cc1C(=O)O. The summed E-state index contributed by atoms with van der Waals surface area (Å²) in [4.78, 5) is 11.1. The normalized spacial score (nSPS) is 10.8. The number of carbonyl (C=O) groups is 1. The van der Waals surface area contributed by atoms with Crippen molar-refractivity contribution < 1.29 is 19.7 Å². The molecule has 20 heavy (non-hydrogen) atoms. The number of benzene rings is 1. The first-order valence-corrected chi connectivity index (χ1v) is 6.21. The van der Waals surface area contributed by atoms with E-state index in [2.05, 4.69) is 5.10 Å². The summed E-state index contributed by atoms with van der Waals surface area (Å²) in [5, 5.41) is 22.5. The second kappa shape index (κ2) is 5.64. The Bertz CT molecular complexity index is 602. The van der Waals surface area contributed by atoms with Gasteiger partial charge in [0.15, 0.2) is 0 Å². The molecule has 0 aliphatic carbocycles. The molecule has 2 rings (SSSR count). The van der Waals surface area contributed by atoms with Gasteiger partial charge in [-0.15, -0.1) is 0 Å². The molecule has 0 aliphatic heterocycles. The van der Waals surface area contributed by atoms with Crippen LogP contribution >= 0.6 is 0 Å². The summed E-state index contributed by atoms with van der Waals surface area (Å²) in [6.45, 7) is 3.90. The van der Waals surface area contributed by atoms with Gasteiger partial charge in [-0.3, -0.25) is 4.68 Å². The third-order valence-corrected chi connectivity index (χ3v) is 2.72. The third kappa shape index (κ3) is 3.09. The summed E-state index contributed by atoms with van der Waals surface area (Å²) in [6.07, 6.45) is 0. The van der Waals surface area contributed by atoms with Gasteiger partial charge < -0.3 is 14.9 Å². The Balaban J connectivity index is 2.12.